The summed E-state index contributed by atoms with van der Waals surface area (Å²) in [7, 11) is 0. The second-order valence-electron chi connectivity index (χ2n) is 8.74. The van der Waals surface area contributed by atoms with Crippen molar-refractivity contribution in [1.29, 1.82) is 0 Å². The number of aliphatic carboxylic acids is 1. The van der Waals surface area contributed by atoms with E-state index in [1.165, 1.54) is 11.1 Å². The molecule has 1 aliphatic carbocycles. The molecule has 2 amide bonds. The molecule has 2 N–H and O–H groups in total. The van der Waals surface area contributed by atoms with Gasteiger partial charge in [0, 0.05) is 38.6 Å². The highest BCUT2D eigenvalue weighted by atomic mass is 16.5. The Labute approximate surface area is 204 Å². The van der Waals surface area contributed by atoms with Gasteiger partial charge in [-0.15, -0.1) is 0 Å². The van der Waals surface area contributed by atoms with Gasteiger partial charge >= 0.3 is 12.1 Å². The summed E-state index contributed by atoms with van der Waals surface area (Å²) in [6.45, 7) is 4.19. The number of nitrogens with zero attached hydrogens (tertiary/aromatic N) is 2. The highest BCUT2D eigenvalue weighted by molar-refractivity contribution is 5.79. The number of hydrogen-bond donors (Lipinski definition) is 2. The van der Waals surface area contributed by atoms with Gasteiger partial charge < -0.3 is 24.8 Å². The van der Waals surface area contributed by atoms with Crippen molar-refractivity contribution < 1.29 is 29.0 Å². The minimum Gasteiger partial charge on any atom is -0.480 e. The molecule has 9 nitrogen and oxygen atoms in total. The topological polar surface area (TPSA) is 108 Å². The molecule has 0 bridgehead atoms. The van der Waals surface area contributed by atoms with Crippen molar-refractivity contribution in [3.05, 3.63) is 59.7 Å². The van der Waals surface area contributed by atoms with Crippen LogP contribution in [-0.4, -0.2) is 91.5 Å². The maximum absolute atomic E-state index is 12.3. The van der Waals surface area contributed by atoms with E-state index in [1.807, 2.05) is 29.2 Å². The molecule has 0 radical (unpaired) electrons. The van der Waals surface area contributed by atoms with Crippen LogP contribution in [0.15, 0.2) is 48.5 Å². The lowest BCUT2D eigenvalue weighted by Crippen LogP contribution is -2.53. The molecule has 1 unspecified atom stereocenters. The molecule has 9 heteroatoms. The summed E-state index contributed by atoms with van der Waals surface area (Å²) < 4.78 is 10.9. The zero-order valence-electron chi connectivity index (χ0n) is 19.8. The first-order valence-corrected chi connectivity index (χ1v) is 11.9. The Hall–Kier alpha value is -3.43. The van der Waals surface area contributed by atoms with Crippen molar-refractivity contribution in [2.24, 2.45) is 0 Å². The highest BCUT2D eigenvalue weighted by Gasteiger charge is 2.29. The monoisotopic (exact) mass is 481 g/mol. The van der Waals surface area contributed by atoms with Crippen LogP contribution in [0.2, 0.25) is 0 Å². The third kappa shape index (κ3) is 5.80. The molecule has 0 saturated carbocycles. The Balaban J connectivity index is 1.13. The van der Waals surface area contributed by atoms with E-state index < -0.39 is 18.1 Å². The first-order chi connectivity index (χ1) is 17.0. The maximum Gasteiger partial charge on any atom is 0.407 e. The third-order valence-electron chi connectivity index (χ3n) is 6.66. The lowest BCUT2D eigenvalue weighted by molar-refractivity contribution is -0.144. The van der Waals surface area contributed by atoms with E-state index in [0.717, 1.165) is 11.1 Å². The summed E-state index contributed by atoms with van der Waals surface area (Å²) in [5.74, 6) is -1.01. The number of carbonyl (C=O) groups is 3. The molecule has 0 aromatic heterocycles. The predicted molar refractivity (Wildman–Crippen MR) is 129 cm³/mol. The van der Waals surface area contributed by atoms with Gasteiger partial charge in [-0.3, -0.25) is 14.5 Å². The van der Waals surface area contributed by atoms with Gasteiger partial charge in [-0.25, -0.2) is 4.79 Å². The molecule has 1 saturated heterocycles. The van der Waals surface area contributed by atoms with E-state index in [9.17, 15) is 14.4 Å². The molecule has 2 aromatic carbocycles. The largest absolute Gasteiger partial charge is 0.480 e. The summed E-state index contributed by atoms with van der Waals surface area (Å²) in [5.41, 5.74) is 4.66. The van der Waals surface area contributed by atoms with Gasteiger partial charge in [-0.2, -0.15) is 0 Å². The molecule has 0 spiro atoms. The van der Waals surface area contributed by atoms with Crippen LogP contribution in [0.1, 0.15) is 24.0 Å². The van der Waals surface area contributed by atoms with Gasteiger partial charge in [0.15, 0.2) is 0 Å². The Morgan fingerprint density at radius 1 is 1.00 bits per heavy atom. The molecule has 35 heavy (non-hydrogen) atoms. The van der Waals surface area contributed by atoms with E-state index in [4.69, 9.17) is 14.6 Å². The molecule has 2 aliphatic rings. The number of benzene rings is 2. The van der Waals surface area contributed by atoms with Crippen molar-refractivity contribution in [2.45, 2.75) is 18.9 Å². The number of piperazine rings is 1. The predicted octanol–water partition coefficient (Wildman–Crippen LogP) is 2.16. The smallest absolute Gasteiger partial charge is 0.407 e. The normalized spacial score (nSPS) is 16.3. The van der Waals surface area contributed by atoms with Crippen LogP contribution in [0.5, 0.6) is 0 Å². The number of carboxylic acids is 1. The van der Waals surface area contributed by atoms with Crippen LogP contribution < -0.4 is 5.32 Å². The quantitative estimate of drug-likeness (QED) is 0.529. The molecule has 2 aromatic rings. The SMILES string of the molecule is CC(C(=O)O)N1CCN(C(=O)COCCNC(=O)OCC2c3ccccc3-c3ccccc32)CC1. The minimum atomic E-state index is -0.864. The fourth-order valence-electron chi connectivity index (χ4n) is 4.64. The Morgan fingerprint density at radius 2 is 1.60 bits per heavy atom. The summed E-state index contributed by atoms with van der Waals surface area (Å²) in [4.78, 5) is 39.1. The van der Waals surface area contributed by atoms with Crippen molar-refractivity contribution >= 4 is 18.0 Å². The maximum atomic E-state index is 12.3. The zero-order valence-corrected chi connectivity index (χ0v) is 19.8. The Bertz CT molecular complexity index is 1020. The minimum absolute atomic E-state index is 0.000902. The summed E-state index contributed by atoms with van der Waals surface area (Å²) in [6.07, 6.45) is -0.523. The number of rotatable bonds is 9. The highest BCUT2D eigenvalue weighted by Crippen LogP contribution is 2.44. The molecule has 1 aliphatic heterocycles. The van der Waals surface area contributed by atoms with Crippen molar-refractivity contribution in [3.8, 4) is 11.1 Å². The van der Waals surface area contributed by atoms with Gasteiger partial charge in [-0.1, -0.05) is 48.5 Å². The summed E-state index contributed by atoms with van der Waals surface area (Å²) in [6, 6.07) is 15.8. The van der Waals surface area contributed by atoms with Gasteiger partial charge in [0.2, 0.25) is 5.91 Å². The fourth-order valence-corrected chi connectivity index (χ4v) is 4.64. The van der Waals surface area contributed by atoms with E-state index in [2.05, 4.69) is 29.6 Å². The molecule has 1 heterocycles. The van der Waals surface area contributed by atoms with E-state index in [-0.39, 0.29) is 38.2 Å². The number of fused-ring (bicyclic) bond motifs is 3. The molecule has 1 fully saturated rings. The van der Waals surface area contributed by atoms with Crippen LogP contribution in [0, 0.1) is 0 Å². The number of carboxylic acid groups (broad SMARTS) is 1. The molecule has 4 rings (SSSR count). The van der Waals surface area contributed by atoms with Crippen LogP contribution >= 0.6 is 0 Å². The fraction of sp³-hybridized carbons (Fsp3) is 0.423. The van der Waals surface area contributed by atoms with Crippen molar-refractivity contribution in [3.63, 3.8) is 0 Å². The van der Waals surface area contributed by atoms with Crippen LogP contribution in [0.3, 0.4) is 0 Å². The van der Waals surface area contributed by atoms with Crippen molar-refractivity contribution in [1.82, 2.24) is 15.1 Å². The Kier molecular flexibility index (Phi) is 7.99. The number of hydrogen-bond acceptors (Lipinski definition) is 6. The number of ether oxygens (including phenoxy) is 2. The molecule has 186 valence electrons. The average Bonchev–Trinajstić information content (AvgIpc) is 3.20. The first-order valence-electron chi connectivity index (χ1n) is 11.9. The first kappa shape index (κ1) is 24.7. The molecular weight excluding hydrogens is 450 g/mol. The van der Waals surface area contributed by atoms with Gasteiger partial charge in [-0.05, 0) is 29.2 Å². The number of alkyl carbamates (subject to hydrolysis) is 1. The molecule has 1 atom stereocenters. The average molecular weight is 482 g/mol. The Morgan fingerprint density at radius 3 is 2.20 bits per heavy atom. The lowest BCUT2D eigenvalue weighted by atomic mass is 9.98. The second kappa shape index (κ2) is 11.3. The second-order valence-corrected chi connectivity index (χ2v) is 8.74. The number of carbonyl (C=O) groups excluding carboxylic acids is 2. The summed E-state index contributed by atoms with van der Waals surface area (Å²) >= 11 is 0. The lowest BCUT2D eigenvalue weighted by Gasteiger charge is -2.36. The van der Waals surface area contributed by atoms with Crippen LogP contribution in [0.25, 0.3) is 11.1 Å². The zero-order chi connectivity index (χ0) is 24.8. The van der Waals surface area contributed by atoms with E-state index in [1.54, 1.807) is 11.8 Å². The summed E-state index contributed by atoms with van der Waals surface area (Å²) in [5, 5.41) is 11.8. The van der Waals surface area contributed by atoms with Gasteiger partial charge in [0.1, 0.15) is 19.3 Å². The number of nitrogens with one attached hydrogen (secondary N) is 1. The van der Waals surface area contributed by atoms with Gasteiger partial charge in [0.25, 0.3) is 0 Å². The standard InChI is InChI=1S/C26H31N3O6/c1-18(25(31)32)28-11-13-29(14-12-28)24(30)17-34-15-10-27-26(33)35-16-23-21-8-4-2-6-19(21)20-7-3-5-9-22(20)23/h2-9,18,23H,10-17H2,1H3,(H,27,33)(H,31,32). The van der Waals surface area contributed by atoms with Crippen LogP contribution in [0.4, 0.5) is 4.79 Å². The number of amides is 2. The van der Waals surface area contributed by atoms with E-state index >= 15 is 0 Å². The molecular formula is C26H31N3O6. The van der Waals surface area contributed by atoms with Gasteiger partial charge in [0.05, 0.1) is 6.61 Å². The third-order valence-corrected chi connectivity index (χ3v) is 6.66. The van der Waals surface area contributed by atoms with Crippen LogP contribution in [-0.2, 0) is 19.1 Å². The van der Waals surface area contributed by atoms with E-state index in [0.29, 0.717) is 26.2 Å². The van der Waals surface area contributed by atoms with Crippen molar-refractivity contribution in [2.75, 3.05) is 52.5 Å².